The summed E-state index contributed by atoms with van der Waals surface area (Å²) in [6, 6.07) is 3.40. The average molecular weight is 519 g/mol. The number of halogens is 2. The minimum atomic E-state index is -0.218. The molecule has 1 aliphatic rings. The van der Waals surface area contributed by atoms with Crippen LogP contribution in [-0.4, -0.2) is 66.5 Å². The molecule has 0 amide bonds. The van der Waals surface area contributed by atoms with Gasteiger partial charge in [0.1, 0.15) is 11.5 Å². The maximum atomic E-state index is 14.1. The van der Waals surface area contributed by atoms with Crippen molar-refractivity contribution in [2.24, 2.45) is 0 Å². The maximum absolute atomic E-state index is 14.1. The van der Waals surface area contributed by atoms with Gasteiger partial charge in [-0.3, -0.25) is 9.69 Å². The van der Waals surface area contributed by atoms with Crippen LogP contribution in [0.4, 0.5) is 0 Å². The van der Waals surface area contributed by atoms with Gasteiger partial charge in [0.15, 0.2) is 5.52 Å². The normalized spacial score (nSPS) is 14.7. The van der Waals surface area contributed by atoms with Gasteiger partial charge in [0.2, 0.25) is 5.82 Å². The topological polar surface area (TPSA) is 95.8 Å². The van der Waals surface area contributed by atoms with E-state index in [1.807, 2.05) is 13.1 Å². The second-order valence-electron chi connectivity index (χ2n) is 8.39. The smallest absolute Gasteiger partial charge is 0.348 e. The molecule has 0 aliphatic carbocycles. The summed E-state index contributed by atoms with van der Waals surface area (Å²) in [6.07, 6.45) is 1.84. The number of aromatic amines is 2. The molecule has 0 unspecified atom stereocenters. The van der Waals surface area contributed by atoms with Crippen LogP contribution in [-0.2, 0) is 11.3 Å². The van der Waals surface area contributed by atoms with Crippen LogP contribution in [0.5, 0.6) is 11.5 Å². The summed E-state index contributed by atoms with van der Waals surface area (Å²) in [5.74, 6) is 1.49. The van der Waals surface area contributed by atoms with Crippen LogP contribution in [0.1, 0.15) is 5.82 Å². The number of aromatic nitrogens is 4. The molecule has 4 heterocycles. The highest BCUT2D eigenvalue weighted by Crippen LogP contribution is 2.45. The van der Waals surface area contributed by atoms with Crippen molar-refractivity contribution < 1.29 is 19.2 Å². The van der Waals surface area contributed by atoms with Crippen molar-refractivity contribution in [3.8, 4) is 22.6 Å². The van der Waals surface area contributed by atoms with Crippen LogP contribution in [0.25, 0.3) is 33.2 Å². The Kier molecular flexibility index (Phi) is 6.59. The molecule has 11 heteroatoms. The number of methoxy groups -OCH3 is 2. The summed E-state index contributed by atoms with van der Waals surface area (Å²) in [4.78, 5) is 27.4. The number of imidazole rings is 1. The molecule has 0 radical (unpaired) electrons. The van der Waals surface area contributed by atoms with E-state index >= 15 is 0 Å². The van der Waals surface area contributed by atoms with E-state index in [0.29, 0.717) is 54.6 Å². The number of aryl methyl sites for hydroxylation is 1. The second-order valence-corrected chi connectivity index (χ2v) is 9.15. The van der Waals surface area contributed by atoms with Gasteiger partial charge < -0.3 is 23.8 Å². The third-order valence-electron chi connectivity index (χ3n) is 6.33. The van der Waals surface area contributed by atoms with Crippen LogP contribution < -0.4 is 20.0 Å². The fourth-order valence-corrected chi connectivity index (χ4v) is 5.28. The molecular weight excluding hydrogens is 493 g/mol. The molecule has 1 aromatic carbocycles. The van der Waals surface area contributed by atoms with Gasteiger partial charge in [0.25, 0.3) is 5.56 Å². The lowest BCUT2D eigenvalue weighted by Gasteiger charge is -2.27. The van der Waals surface area contributed by atoms with Gasteiger partial charge in [-0.05, 0) is 11.1 Å². The van der Waals surface area contributed by atoms with E-state index in [0.717, 1.165) is 35.3 Å². The van der Waals surface area contributed by atoms with E-state index in [1.54, 1.807) is 16.7 Å². The zero-order chi connectivity index (χ0) is 24.7. The van der Waals surface area contributed by atoms with Crippen molar-refractivity contribution in [1.29, 1.82) is 0 Å². The summed E-state index contributed by atoms with van der Waals surface area (Å²) in [5, 5.41) is 1.31. The number of hydrogen-bond donors (Lipinski definition) is 1. The molecule has 0 saturated carbocycles. The molecule has 3 aromatic heterocycles. The molecule has 0 bridgehead atoms. The first kappa shape index (κ1) is 23.9. The standard InChI is InChI=1S/C24H25Cl2N5O4/c1-13-28-21-22-14(12-27-23(21)29-13)10-15(18-19(25)16(33-2)11-17(34-3)20(18)26)24(32)31(22)5-4-30-6-8-35-9-7-30/h10-12H,4-9H2,1-3H3,(H,27,28,29)/p+1. The Labute approximate surface area is 211 Å². The molecule has 4 aromatic rings. The summed E-state index contributed by atoms with van der Waals surface area (Å²) in [7, 11) is 3.01. The predicted octanol–water partition coefficient (Wildman–Crippen LogP) is 3.32. The summed E-state index contributed by atoms with van der Waals surface area (Å²) < 4.78 is 18.1. The van der Waals surface area contributed by atoms with E-state index in [1.165, 1.54) is 14.2 Å². The molecule has 184 valence electrons. The third-order valence-corrected chi connectivity index (χ3v) is 7.08. The Bertz CT molecular complexity index is 1450. The Balaban J connectivity index is 1.77. The maximum Gasteiger partial charge on any atom is 0.348 e. The SMILES string of the molecule is COc1cc(OC)c(Cl)c(-c2cc3c[nH+]c4nc(C)[nH]c4c3n(CCN3CCOCC3)c2=O)c1Cl. The average Bonchev–Trinajstić information content (AvgIpc) is 3.25. The highest BCUT2D eigenvalue weighted by molar-refractivity contribution is 6.41. The Morgan fingerprint density at radius 2 is 1.80 bits per heavy atom. The number of morpholine rings is 1. The van der Waals surface area contributed by atoms with Crippen LogP contribution in [0.15, 0.2) is 23.1 Å². The first-order valence-corrected chi connectivity index (χ1v) is 12.0. The van der Waals surface area contributed by atoms with E-state index in [2.05, 4.69) is 19.9 Å². The van der Waals surface area contributed by atoms with E-state index in [9.17, 15) is 4.79 Å². The van der Waals surface area contributed by atoms with Gasteiger partial charge >= 0.3 is 5.65 Å². The fraction of sp³-hybridized carbons (Fsp3) is 0.375. The molecule has 9 nitrogen and oxygen atoms in total. The number of nitrogens with one attached hydrogen (secondary N) is 2. The quantitative estimate of drug-likeness (QED) is 0.420. The number of rotatable bonds is 6. The molecule has 0 atom stereocenters. The van der Waals surface area contributed by atoms with Crippen molar-refractivity contribution in [3.05, 3.63) is 44.6 Å². The van der Waals surface area contributed by atoms with Crippen molar-refractivity contribution >= 4 is 45.3 Å². The molecule has 0 spiro atoms. The summed E-state index contributed by atoms with van der Waals surface area (Å²) >= 11 is 13.4. The number of nitrogens with zero attached hydrogens (tertiary/aromatic N) is 3. The lowest BCUT2D eigenvalue weighted by atomic mass is 10.0. The Morgan fingerprint density at radius 3 is 2.46 bits per heavy atom. The third kappa shape index (κ3) is 4.23. The highest BCUT2D eigenvalue weighted by Gasteiger charge is 2.25. The lowest BCUT2D eigenvalue weighted by Crippen LogP contribution is -2.39. The van der Waals surface area contributed by atoms with Crippen molar-refractivity contribution in [3.63, 3.8) is 0 Å². The van der Waals surface area contributed by atoms with Gasteiger partial charge in [0.05, 0.1) is 54.8 Å². The van der Waals surface area contributed by atoms with Gasteiger partial charge in [0, 0.05) is 50.1 Å². The number of H-pyrrole nitrogens is 2. The predicted molar refractivity (Wildman–Crippen MR) is 135 cm³/mol. The fourth-order valence-electron chi connectivity index (χ4n) is 4.57. The van der Waals surface area contributed by atoms with Crippen LogP contribution in [0.2, 0.25) is 10.0 Å². The molecule has 1 saturated heterocycles. The molecule has 2 N–H and O–H groups in total. The molecular formula is C24H26Cl2N5O4+. The van der Waals surface area contributed by atoms with Crippen molar-refractivity contribution in [2.45, 2.75) is 13.5 Å². The van der Waals surface area contributed by atoms with E-state index < -0.39 is 0 Å². The van der Waals surface area contributed by atoms with Crippen molar-refractivity contribution in [1.82, 2.24) is 19.4 Å². The zero-order valence-corrected chi connectivity index (χ0v) is 21.2. The molecule has 1 fully saturated rings. The minimum Gasteiger partial charge on any atom is -0.495 e. The molecule has 35 heavy (non-hydrogen) atoms. The number of ether oxygens (including phenoxy) is 3. The summed E-state index contributed by atoms with van der Waals surface area (Å²) in [5.41, 5.74) is 2.73. The summed E-state index contributed by atoms with van der Waals surface area (Å²) in [6.45, 7) is 6.06. The minimum absolute atomic E-state index is 0.218. The molecule has 5 rings (SSSR count). The van der Waals surface area contributed by atoms with Gasteiger partial charge in [-0.1, -0.05) is 23.2 Å². The van der Waals surface area contributed by atoms with Gasteiger partial charge in [-0.15, -0.1) is 0 Å². The van der Waals surface area contributed by atoms with E-state index in [4.69, 9.17) is 37.4 Å². The van der Waals surface area contributed by atoms with Gasteiger partial charge in [-0.25, -0.2) is 4.98 Å². The Hall–Kier alpha value is -2.85. The Morgan fingerprint density at radius 1 is 1.11 bits per heavy atom. The number of benzene rings is 1. The number of pyridine rings is 2. The van der Waals surface area contributed by atoms with Crippen LogP contribution in [0.3, 0.4) is 0 Å². The van der Waals surface area contributed by atoms with Gasteiger partial charge in [-0.2, -0.15) is 0 Å². The first-order valence-electron chi connectivity index (χ1n) is 11.3. The second kappa shape index (κ2) is 9.66. The zero-order valence-electron chi connectivity index (χ0n) is 19.7. The van der Waals surface area contributed by atoms with E-state index in [-0.39, 0.29) is 15.6 Å². The lowest BCUT2D eigenvalue weighted by molar-refractivity contribution is -0.345. The largest absolute Gasteiger partial charge is 0.495 e. The molecule has 1 aliphatic heterocycles. The van der Waals surface area contributed by atoms with Crippen molar-refractivity contribution in [2.75, 3.05) is 47.1 Å². The first-order chi connectivity index (χ1) is 16.9. The highest BCUT2D eigenvalue weighted by atomic mass is 35.5. The number of fused-ring (bicyclic) bond motifs is 3. The monoisotopic (exact) mass is 518 g/mol. The van der Waals surface area contributed by atoms with Crippen LogP contribution in [0, 0.1) is 6.92 Å². The number of hydrogen-bond acceptors (Lipinski definition) is 6. The van der Waals surface area contributed by atoms with Crippen LogP contribution >= 0.6 is 23.2 Å².